The molecule has 0 spiro atoms. The summed E-state index contributed by atoms with van der Waals surface area (Å²) in [5.41, 5.74) is -3.38. The molecule has 170 valence electrons. The van der Waals surface area contributed by atoms with E-state index in [0.29, 0.717) is 5.75 Å². The Bertz CT molecular complexity index is 1480. The summed E-state index contributed by atoms with van der Waals surface area (Å²) >= 11 is 0. The van der Waals surface area contributed by atoms with E-state index in [9.17, 15) is 27.6 Å². The zero-order valence-electron chi connectivity index (χ0n) is 16.9. The van der Waals surface area contributed by atoms with Gasteiger partial charge in [-0.15, -0.1) is 0 Å². The van der Waals surface area contributed by atoms with Gasteiger partial charge in [0.15, 0.2) is 0 Å². The van der Waals surface area contributed by atoms with Crippen molar-refractivity contribution in [1.82, 2.24) is 0 Å². The average molecular weight is 462 g/mol. The van der Waals surface area contributed by atoms with Crippen molar-refractivity contribution in [2.75, 3.05) is 14.2 Å². The molecule has 33 heavy (non-hydrogen) atoms. The van der Waals surface area contributed by atoms with Gasteiger partial charge in [0.05, 0.1) is 19.6 Å². The van der Waals surface area contributed by atoms with Crippen LogP contribution in [0.15, 0.2) is 61.3 Å². The van der Waals surface area contributed by atoms with Crippen LogP contribution in [0.1, 0.15) is 5.76 Å². The van der Waals surface area contributed by atoms with Crippen molar-refractivity contribution < 1.29 is 36.5 Å². The molecule has 0 unspecified atom stereocenters. The summed E-state index contributed by atoms with van der Waals surface area (Å²) in [7, 11) is 2.57. The van der Waals surface area contributed by atoms with Crippen molar-refractivity contribution in [3.63, 3.8) is 0 Å². The number of halogens is 3. The standard InChI is InChI=1S/C22H13F3O8/c1-29-10-3-5-11(6-4-10)31-20-15(26)13-8-7-12(9-14(13)33-21(20)22(23,24)25)32-19-17(28)16(27)18(19)30-2/h3-9H,1-2H3. The number of hydrogen-bond donors (Lipinski definition) is 0. The maximum absolute atomic E-state index is 13.7. The van der Waals surface area contributed by atoms with Crippen molar-refractivity contribution in [3.05, 3.63) is 78.9 Å². The average Bonchev–Trinajstić information content (AvgIpc) is 2.80. The van der Waals surface area contributed by atoms with E-state index in [1.54, 1.807) is 0 Å². The lowest BCUT2D eigenvalue weighted by Gasteiger charge is -2.14. The Morgan fingerprint density at radius 2 is 1.27 bits per heavy atom. The molecular formula is C22H13F3O8. The Balaban J connectivity index is 1.79. The van der Waals surface area contributed by atoms with Crippen LogP contribution >= 0.6 is 0 Å². The molecular weight excluding hydrogens is 449 g/mol. The van der Waals surface area contributed by atoms with Crippen LogP contribution in [-0.4, -0.2) is 14.2 Å². The van der Waals surface area contributed by atoms with Gasteiger partial charge < -0.3 is 23.4 Å². The Morgan fingerprint density at radius 3 is 1.88 bits per heavy atom. The molecule has 0 radical (unpaired) electrons. The van der Waals surface area contributed by atoms with Crippen molar-refractivity contribution in [2.45, 2.75) is 6.18 Å². The topological polar surface area (TPSA) is 101 Å². The predicted octanol–water partition coefficient (Wildman–Crippen LogP) is 4.01. The molecule has 0 saturated heterocycles. The molecule has 0 bridgehead atoms. The van der Waals surface area contributed by atoms with E-state index >= 15 is 0 Å². The Labute approximate surface area is 182 Å². The fourth-order valence-corrected chi connectivity index (χ4v) is 3.01. The second kappa shape index (κ2) is 8.01. The van der Waals surface area contributed by atoms with Crippen molar-refractivity contribution in [2.24, 2.45) is 0 Å². The highest BCUT2D eigenvalue weighted by molar-refractivity contribution is 5.80. The van der Waals surface area contributed by atoms with Crippen LogP contribution < -0.4 is 35.2 Å². The predicted molar refractivity (Wildman–Crippen MR) is 109 cm³/mol. The van der Waals surface area contributed by atoms with Gasteiger partial charge in [-0.2, -0.15) is 13.2 Å². The van der Waals surface area contributed by atoms with Gasteiger partial charge in [-0.3, -0.25) is 14.4 Å². The zero-order valence-corrected chi connectivity index (χ0v) is 16.9. The molecule has 0 fully saturated rings. The minimum Gasteiger partial charge on any atom is -0.497 e. The van der Waals surface area contributed by atoms with E-state index < -0.39 is 45.3 Å². The number of hydrogen-bond acceptors (Lipinski definition) is 8. The van der Waals surface area contributed by atoms with Gasteiger partial charge in [0.2, 0.25) is 22.7 Å². The van der Waals surface area contributed by atoms with Gasteiger partial charge in [0, 0.05) is 6.07 Å². The first-order chi connectivity index (χ1) is 15.6. The van der Waals surface area contributed by atoms with E-state index in [0.717, 1.165) is 19.2 Å². The summed E-state index contributed by atoms with van der Waals surface area (Å²) in [5, 5.41) is -0.226. The molecule has 0 aliphatic carbocycles. The molecule has 0 aliphatic rings. The van der Waals surface area contributed by atoms with Gasteiger partial charge >= 0.3 is 6.18 Å². The van der Waals surface area contributed by atoms with Gasteiger partial charge in [-0.05, 0) is 36.4 Å². The van der Waals surface area contributed by atoms with Crippen molar-refractivity contribution in [1.29, 1.82) is 0 Å². The van der Waals surface area contributed by atoms with E-state index in [4.69, 9.17) is 23.4 Å². The van der Waals surface area contributed by atoms with E-state index in [2.05, 4.69) is 0 Å². The van der Waals surface area contributed by atoms with E-state index in [1.165, 1.54) is 37.4 Å². The minimum absolute atomic E-state index is 0.0416. The van der Waals surface area contributed by atoms with Crippen LogP contribution in [0.4, 0.5) is 13.2 Å². The third kappa shape index (κ3) is 3.88. The third-order valence-corrected chi connectivity index (χ3v) is 4.61. The summed E-state index contributed by atoms with van der Waals surface area (Å²) in [6.45, 7) is 0. The van der Waals surface area contributed by atoms with Gasteiger partial charge in [0.25, 0.3) is 16.6 Å². The van der Waals surface area contributed by atoms with Crippen LogP contribution in [0.2, 0.25) is 0 Å². The molecule has 4 aromatic rings. The second-order valence-corrected chi connectivity index (χ2v) is 6.65. The molecule has 4 rings (SSSR count). The first-order valence-corrected chi connectivity index (χ1v) is 9.19. The molecule has 1 heterocycles. The molecule has 1 aromatic heterocycles. The fraction of sp³-hybridized carbons (Fsp3) is 0.136. The highest BCUT2D eigenvalue weighted by Gasteiger charge is 2.40. The number of methoxy groups -OCH3 is 2. The first kappa shape index (κ1) is 21.9. The molecule has 0 aliphatic heterocycles. The van der Waals surface area contributed by atoms with E-state index in [1.807, 2.05) is 0 Å². The number of fused-ring (bicyclic) bond motifs is 1. The van der Waals surface area contributed by atoms with Gasteiger partial charge in [-0.1, -0.05) is 0 Å². The molecule has 3 aromatic carbocycles. The third-order valence-electron chi connectivity index (χ3n) is 4.61. The molecule has 0 amide bonds. The summed E-state index contributed by atoms with van der Waals surface area (Å²) in [6.07, 6.45) is -5.06. The van der Waals surface area contributed by atoms with Gasteiger partial charge in [0.1, 0.15) is 22.8 Å². The lowest BCUT2D eigenvalue weighted by atomic mass is 10.2. The number of benzene rings is 2. The monoisotopic (exact) mass is 462 g/mol. The van der Waals surface area contributed by atoms with Crippen LogP contribution in [-0.2, 0) is 6.18 Å². The van der Waals surface area contributed by atoms with E-state index in [-0.39, 0.29) is 22.6 Å². The number of rotatable bonds is 6. The Morgan fingerprint density at radius 1 is 0.697 bits per heavy atom. The molecule has 0 atom stereocenters. The molecule has 0 saturated carbocycles. The highest BCUT2D eigenvalue weighted by atomic mass is 19.4. The molecule has 11 heteroatoms. The fourth-order valence-electron chi connectivity index (χ4n) is 3.01. The first-order valence-electron chi connectivity index (χ1n) is 9.19. The SMILES string of the molecule is COc1ccc(Oc2c(C(F)(F)F)oc3cc(Oc4c(OC)c(=O)c4=O)ccc3c2=O)cc1. The maximum atomic E-state index is 13.7. The summed E-state index contributed by atoms with van der Waals surface area (Å²) in [5.74, 6) is -3.17. The molecule has 8 nitrogen and oxygen atoms in total. The highest BCUT2D eigenvalue weighted by Crippen LogP contribution is 2.39. The van der Waals surface area contributed by atoms with Crippen LogP contribution in [0.25, 0.3) is 11.0 Å². The summed E-state index contributed by atoms with van der Waals surface area (Å²) < 4.78 is 66.2. The largest absolute Gasteiger partial charge is 0.497 e. The summed E-state index contributed by atoms with van der Waals surface area (Å²) in [6, 6.07) is 8.92. The normalized spacial score (nSPS) is 11.5. The minimum atomic E-state index is -5.06. The maximum Gasteiger partial charge on any atom is 0.453 e. The lowest BCUT2D eigenvalue weighted by molar-refractivity contribution is -0.154. The molecule has 0 N–H and O–H groups in total. The number of alkyl halides is 3. The summed E-state index contributed by atoms with van der Waals surface area (Å²) in [4.78, 5) is 35.9. The van der Waals surface area contributed by atoms with Crippen molar-refractivity contribution >= 4 is 11.0 Å². The van der Waals surface area contributed by atoms with Crippen LogP contribution in [0.5, 0.6) is 34.5 Å². The lowest BCUT2D eigenvalue weighted by Crippen LogP contribution is -2.32. The van der Waals surface area contributed by atoms with Crippen LogP contribution in [0, 0.1) is 0 Å². The van der Waals surface area contributed by atoms with Gasteiger partial charge in [-0.25, -0.2) is 0 Å². The Hall–Kier alpha value is -4.28. The van der Waals surface area contributed by atoms with Crippen LogP contribution in [0.3, 0.4) is 0 Å². The quantitative estimate of drug-likeness (QED) is 0.396. The Kier molecular flexibility index (Phi) is 5.32. The zero-order chi connectivity index (χ0) is 23.9. The number of ether oxygens (including phenoxy) is 4. The smallest absolute Gasteiger partial charge is 0.453 e. The van der Waals surface area contributed by atoms with Crippen molar-refractivity contribution in [3.8, 4) is 34.5 Å². The second-order valence-electron chi connectivity index (χ2n) is 6.65.